The lowest BCUT2D eigenvalue weighted by molar-refractivity contribution is -0.140. The van der Waals surface area contributed by atoms with E-state index in [1.807, 2.05) is 43.3 Å². The first-order valence-corrected chi connectivity index (χ1v) is 12.7. The van der Waals surface area contributed by atoms with Gasteiger partial charge in [0.25, 0.3) is 11.7 Å². The van der Waals surface area contributed by atoms with Crippen LogP contribution in [0.5, 0.6) is 11.5 Å². The summed E-state index contributed by atoms with van der Waals surface area (Å²) < 4.78 is 16.7. The first kappa shape index (κ1) is 25.1. The summed E-state index contributed by atoms with van der Waals surface area (Å²) in [5, 5.41) is 11.4. The van der Waals surface area contributed by atoms with Crippen molar-refractivity contribution >= 4 is 23.1 Å². The molecule has 0 aromatic heterocycles. The number of nitrogens with zero attached hydrogens (tertiary/aromatic N) is 3. The van der Waals surface area contributed by atoms with Crippen molar-refractivity contribution in [3.8, 4) is 11.5 Å². The van der Waals surface area contributed by atoms with E-state index in [9.17, 15) is 14.7 Å². The molecule has 1 atom stereocenters. The molecule has 0 aliphatic carbocycles. The summed E-state index contributed by atoms with van der Waals surface area (Å²) in [5.41, 5.74) is 2.27. The van der Waals surface area contributed by atoms with Crippen LogP contribution in [0.15, 0.2) is 48.0 Å². The van der Waals surface area contributed by atoms with Crippen LogP contribution < -0.4 is 14.4 Å². The Hall–Kier alpha value is -3.56. The van der Waals surface area contributed by atoms with Crippen molar-refractivity contribution in [1.82, 2.24) is 9.80 Å². The summed E-state index contributed by atoms with van der Waals surface area (Å²) in [4.78, 5) is 32.5. The second-order valence-corrected chi connectivity index (χ2v) is 9.64. The van der Waals surface area contributed by atoms with Crippen LogP contribution in [-0.4, -0.2) is 93.3 Å². The fourth-order valence-electron chi connectivity index (χ4n) is 5.05. The maximum atomic E-state index is 13.3. The van der Waals surface area contributed by atoms with Gasteiger partial charge >= 0.3 is 0 Å². The maximum Gasteiger partial charge on any atom is 0.295 e. The van der Waals surface area contributed by atoms with E-state index in [0.717, 1.165) is 30.9 Å². The first-order valence-electron chi connectivity index (χ1n) is 12.7. The molecule has 0 bridgehead atoms. The molecule has 1 amide bonds. The Kier molecular flexibility index (Phi) is 7.34. The maximum absolute atomic E-state index is 13.3. The number of benzene rings is 2. The van der Waals surface area contributed by atoms with E-state index in [0.29, 0.717) is 56.5 Å². The van der Waals surface area contributed by atoms with Crippen LogP contribution in [0.3, 0.4) is 0 Å². The number of hydrogen-bond acceptors (Lipinski definition) is 8. The van der Waals surface area contributed by atoms with Crippen molar-refractivity contribution in [3.05, 3.63) is 59.2 Å². The molecule has 2 aromatic rings. The topological polar surface area (TPSA) is 91.8 Å². The molecular weight excluding hydrogens is 474 g/mol. The van der Waals surface area contributed by atoms with E-state index in [4.69, 9.17) is 14.2 Å². The number of fused-ring (bicyclic) bond motifs is 1. The first-order chi connectivity index (χ1) is 17.9. The van der Waals surface area contributed by atoms with Gasteiger partial charge < -0.3 is 29.1 Å². The third kappa shape index (κ3) is 5.14. The smallest absolute Gasteiger partial charge is 0.295 e. The number of likely N-dealkylation sites (tertiary alicyclic amines) is 1. The second kappa shape index (κ2) is 10.8. The molecule has 2 saturated heterocycles. The minimum Gasteiger partial charge on any atom is -0.507 e. The standard InChI is InChI=1S/C28H33N3O6/c1-29(2)21-7-4-19(5-8-21)25-24(26(32)20-6-9-22-23(18-20)37-17-16-36-22)27(33)28(34)31(25)11-3-10-30-12-14-35-15-13-30/h4-9,18,25,32H,3,10-17H2,1-2H3/b26-24+/t25-/m1/s1. The molecule has 5 rings (SSSR count). The number of ether oxygens (including phenoxy) is 3. The van der Waals surface area contributed by atoms with Crippen molar-refractivity contribution < 1.29 is 28.9 Å². The third-order valence-electron chi connectivity index (χ3n) is 7.06. The number of aliphatic hydroxyl groups excluding tert-OH is 1. The van der Waals surface area contributed by atoms with Crippen molar-refractivity contribution in [2.45, 2.75) is 12.5 Å². The van der Waals surface area contributed by atoms with Crippen LogP contribution in [0.2, 0.25) is 0 Å². The van der Waals surface area contributed by atoms with Crippen LogP contribution >= 0.6 is 0 Å². The Morgan fingerprint density at radius 1 is 0.946 bits per heavy atom. The summed E-state index contributed by atoms with van der Waals surface area (Å²) in [6.07, 6.45) is 0.712. The van der Waals surface area contributed by atoms with Gasteiger partial charge in [-0.3, -0.25) is 14.5 Å². The monoisotopic (exact) mass is 507 g/mol. The van der Waals surface area contributed by atoms with Crippen LogP contribution in [0.4, 0.5) is 5.69 Å². The normalized spacial score (nSPS) is 21.4. The van der Waals surface area contributed by atoms with Crippen LogP contribution in [0, 0.1) is 0 Å². The van der Waals surface area contributed by atoms with Crippen LogP contribution in [0.1, 0.15) is 23.6 Å². The van der Waals surface area contributed by atoms with Gasteiger partial charge in [-0.2, -0.15) is 0 Å². The molecule has 9 heteroatoms. The van der Waals surface area contributed by atoms with E-state index in [1.54, 1.807) is 23.1 Å². The van der Waals surface area contributed by atoms with Crippen LogP contribution in [0.25, 0.3) is 5.76 Å². The number of carbonyl (C=O) groups excluding carboxylic acids is 2. The van der Waals surface area contributed by atoms with Gasteiger partial charge in [-0.15, -0.1) is 0 Å². The number of rotatable bonds is 7. The molecule has 3 aliphatic heterocycles. The van der Waals surface area contributed by atoms with Gasteiger partial charge in [0.05, 0.1) is 24.8 Å². The highest BCUT2D eigenvalue weighted by atomic mass is 16.6. The lowest BCUT2D eigenvalue weighted by Gasteiger charge is -2.29. The highest BCUT2D eigenvalue weighted by Gasteiger charge is 2.46. The Bertz CT molecular complexity index is 1190. The number of aliphatic hydroxyl groups is 1. The van der Waals surface area contributed by atoms with E-state index in [-0.39, 0.29) is 11.3 Å². The summed E-state index contributed by atoms with van der Waals surface area (Å²) in [6.45, 7) is 5.20. The zero-order chi connectivity index (χ0) is 25.9. The van der Waals surface area contributed by atoms with Gasteiger partial charge in [-0.05, 0) is 42.3 Å². The van der Waals surface area contributed by atoms with E-state index < -0.39 is 17.7 Å². The minimum absolute atomic E-state index is 0.0886. The molecule has 2 fully saturated rings. The van der Waals surface area contributed by atoms with Gasteiger partial charge in [-0.25, -0.2) is 0 Å². The molecule has 3 aliphatic rings. The molecule has 0 radical (unpaired) electrons. The molecule has 37 heavy (non-hydrogen) atoms. The zero-order valence-electron chi connectivity index (χ0n) is 21.3. The van der Waals surface area contributed by atoms with Gasteiger partial charge in [0.2, 0.25) is 0 Å². The summed E-state index contributed by atoms with van der Waals surface area (Å²) >= 11 is 0. The SMILES string of the molecule is CN(C)c1ccc([C@@H]2/C(=C(\O)c3ccc4c(c3)OCCO4)C(=O)C(=O)N2CCCN2CCOCC2)cc1. The van der Waals surface area contributed by atoms with Gasteiger partial charge in [0.15, 0.2) is 11.5 Å². The van der Waals surface area contributed by atoms with E-state index >= 15 is 0 Å². The second-order valence-electron chi connectivity index (χ2n) is 9.64. The van der Waals surface area contributed by atoms with Crippen molar-refractivity contribution in [1.29, 1.82) is 0 Å². The molecule has 1 N–H and O–H groups in total. The minimum atomic E-state index is -0.686. The molecule has 2 aromatic carbocycles. The predicted molar refractivity (Wildman–Crippen MR) is 139 cm³/mol. The molecule has 9 nitrogen and oxygen atoms in total. The van der Waals surface area contributed by atoms with E-state index in [2.05, 4.69) is 4.90 Å². The number of Topliss-reactive ketones (excluding diaryl/α,β-unsaturated/α-hetero) is 1. The Morgan fingerprint density at radius 2 is 1.65 bits per heavy atom. The zero-order valence-corrected chi connectivity index (χ0v) is 21.3. The molecule has 0 saturated carbocycles. The highest BCUT2D eigenvalue weighted by Crippen LogP contribution is 2.41. The number of anilines is 1. The fraction of sp³-hybridized carbons (Fsp3) is 0.429. The predicted octanol–water partition coefficient (Wildman–Crippen LogP) is 2.67. The largest absolute Gasteiger partial charge is 0.507 e. The molecule has 196 valence electrons. The highest BCUT2D eigenvalue weighted by molar-refractivity contribution is 6.46. The lowest BCUT2D eigenvalue weighted by Crippen LogP contribution is -2.38. The van der Waals surface area contributed by atoms with Crippen LogP contribution in [-0.2, 0) is 14.3 Å². The van der Waals surface area contributed by atoms with Gasteiger partial charge in [0, 0.05) is 51.5 Å². The summed E-state index contributed by atoms with van der Waals surface area (Å²) in [7, 11) is 3.91. The summed E-state index contributed by atoms with van der Waals surface area (Å²) in [5.74, 6) is -0.403. The number of amides is 1. The number of morpholine rings is 1. The van der Waals surface area contributed by atoms with Crippen molar-refractivity contribution in [3.63, 3.8) is 0 Å². The Morgan fingerprint density at radius 3 is 2.35 bits per heavy atom. The fourth-order valence-corrected chi connectivity index (χ4v) is 5.05. The average Bonchev–Trinajstić information content (AvgIpc) is 3.18. The van der Waals surface area contributed by atoms with Gasteiger partial charge in [0.1, 0.15) is 19.0 Å². The Labute approximate surface area is 216 Å². The molecule has 3 heterocycles. The lowest BCUT2D eigenvalue weighted by atomic mass is 9.95. The van der Waals surface area contributed by atoms with Crippen molar-refractivity contribution in [2.75, 3.05) is 71.6 Å². The average molecular weight is 508 g/mol. The number of ketones is 1. The number of carbonyl (C=O) groups is 2. The van der Waals surface area contributed by atoms with Crippen molar-refractivity contribution in [2.24, 2.45) is 0 Å². The third-order valence-corrected chi connectivity index (χ3v) is 7.06. The Balaban J connectivity index is 1.49. The molecule has 0 spiro atoms. The molecular formula is C28H33N3O6. The van der Waals surface area contributed by atoms with E-state index in [1.165, 1.54) is 0 Å². The quantitative estimate of drug-likeness (QED) is 0.348. The van der Waals surface area contributed by atoms with Gasteiger partial charge in [-0.1, -0.05) is 12.1 Å². The molecule has 0 unspecified atom stereocenters. The number of hydrogen-bond donors (Lipinski definition) is 1. The summed E-state index contributed by atoms with van der Waals surface area (Å²) in [6, 6.07) is 12.1.